The molecule has 0 amide bonds. The molecule has 26 heavy (non-hydrogen) atoms. The van der Waals surface area contributed by atoms with E-state index in [0.29, 0.717) is 9.79 Å². The van der Waals surface area contributed by atoms with Crippen molar-refractivity contribution in [1.82, 2.24) is 15.2 Å². The highest BCUT2D eigenvalue weighted by atomic mass is 32.2. The fourth-order valence-electron chi connectivity index (χ4n) is 2.01. The molecule has 6 nitrogen and oxygen atoms in total. The van der Waals surface area contributed by atoms with Gasteiger partial charge in [-0.15, -0.1) is 0 Å². The van der Waals surface area contributed by atoms with Gasteiger partial charge in [0, 0.05) is 11.0 Å². The molecule has 2 N–H and O–H groups in total. The number of nitrogens with zero attached hydrogens (tertiary/aromatic N) is 2. The molecular weight excluding hydrogens is 371 g/mol. The summed E-state index contributed by atoms with van der Waals surface area (Å²) in [5, 5.41) is 15.8. The fraction of sp³-hybridized carbons (Fsp3) is 0.0625. The zero-order valence-corrected chi connectivity index (χ0v) is 13.6. The van der Waals surface area contributed by atoms with E-state index in [4.69, 9.17) is 4.42 Å². The molecule has 0 atom stereocenters. The molecular formula is C16H10F3N3O3S. The fourth-order valence-corrected chi connectivity index (χ4v) is 2.96. The number of allylic oxidation sites excluding steroid dienone is 1. The number of alkyl halides is 3. The quantitative estimate of drug-likeness (QED) is 0.388. The molecule has 0 bridgehead atoms. The molecule has 0 unspecified atom stereocenters. The zero-order chi connectivity index (χ0) is 18.7. The Morgan fingerprint density at radius 3 is 2.81 bits per heavy atom. The number of aromatic amines is 1. The summed E-state index contributed by atoms with van der Waals surface area (Å²) in [5.41, 5.74) is -0.790. The van der Waals surface area contributed by atoms with Crippen LogP contribution in [-0.4, -0.2) is 26.1 Å². The van der Waals surface area contributed by atoms with Crippen molar-refractivity contribution in [3.05, 3.63) is 66.1 Å². The smallest absolute Gasteiger partial charge is 0.416 e. The first-order chi connectivity index (χ1) is 12.3. The van der Waals surface area contributed by atoms with Gasteiger partial charge in [-0.05, 0) is 24.3 Å². The van der Waals surface area contributed by atoms with Gasteiger partial charge in [-0.3, -0.25) is 9.89 Å². The second-order valence-electron chi connectivity index (χ2n) is 4.97. The molecule has 10 heteroatoms. The van der Waals surface area contributed by atoms with Crippen LogP contribution in [0.5, 0.6) is 0 Å². The third kappa shape index (κ3) is 3.97. The molecule has 3 aromatic rings. The van der Waals surface area contributed by atoms with Crippen molar-refractivity contribution in [2.75, 3.05) is 0 Å². The minimum Gasteiger partial charge on any atom is -0.504 e. The minimum absolute atomic E-state index is 0.00279. The first-order valence-electron chi connectivity index (χ1n) is 7.08. The molecule has 3 rings (SSSR count). The van der Waals surface area contributed by atoms with Crippen molar-refractivity contribution in [3.63, 3.8) is 0 Å². The average Bonchev–Trinajstić information content (AvgIpc) is 3.26. The van der Waals surface area contributed by atoms with Gasteiger partial charge in [-0.1, -0.05) is 17.8 Å². The zero-order valence-electron chi connectivity index (χ0n) is 12.8. The number of hydrogen-bond acceptors (Lipinski definition) is 6. The van der Waals surface area contributed by atoms with Crippen LogP contribution in [0, 0.1) is 0 Å². The van der Waals surface area contributed by atoms with Crippen molar-refractivity contribution in [3.8, 4) is 0 Å². The summed E-state index contributed by atoms with van der Waals surface area (Å²) >= 11 is 0.943. The lowest BCUT2D eigenvalue weighted by Crippen LogP contribution is -2.04. The molecule has 0 aliphatic heterocycles. The summed E-state index contributed by atoms with van der Waals surface area (Å²) in [7, 11) is 0. The number of aliphatic hydroxyl groups excluding tert-OH is 1. The van der Waals surface area contributed by atoms with Gasteiger partial charge < -0.3 is 9.52 Å². The van der Waals surface area contributed by atoms with Crippen LogP contribution in [0.15, 0.2) is 63.2 Å². The molecule has 0 fully saturated rings. The summed E-state index contributed by atoms with van der Waals surface area (Å²) in [6.45, 7) is 0. The number of nitrogens with one attached hydrogen (secondary N) is 1. The van der Waals surface area contributed by atoms with Gasteiger partial charge in [0.15, 0.2) is 17.3 Å². The highest BCUT2D eigenvalue weighted by molar-refractivity contribution is 7.99. The predicted molar refractivity (Wildman–Crippen MR) is 85.6 cm³/mol. The number of halogens is 3. The number of hydrogen-bond donors (Lipinski definition) is 2. The van der Waals surface area contributed by atoms with E-state index in [9.17, 15) is 23.1 Å². The second-order valence-corrected chi connectivity index (χ2v) is 6.08. The van der Waals surface area contributed by atoms with E-state index in [2.05, 4.69) is 15.2 Å². The van der Waals surface area contributed by atoms with E-state index in [1.54, 1.807) is 0 Å². The van der Waals surface area contributed by atoms with Crippen LogP contribution in [-0.2, 0) is 6.18 Å². The normalized spacial score (nSPS) is 12.3. The Kier molecular flexibility index (Phi) is 4.85. The Morgan fingerprint density at radius 1 is 1.31 bits per heavy atom. The number of rotatable bonds is 5. The van der Waals surface area contributed by atoms with Crippen molar-refractivity contribution < 1.29 is 27.5 Å². The van der Waals surface area contributed by atoms with Gasteiger partial charge in [-0.25, -0.2) is 4.98 Å². The van der Waals surface area contributed by atoms with Gasteiger partial charge in [0.1, 0.15) is 6.33 Å². The van der Waals surface area contributed by atoms with E-state index in [0.717, 1.165) is 36.3 Å². The van der Waals surface area contributed by atoms with Gasteiger partial charge in [-0.2, -0.15) is 18.3 Å². The van der Waals surface area contributed by atoms with Gasteiger partial charge in [0.25, 0.3) is 0 Å². The van der Waals surface area contributed by atoms with E-state index >= 15 is 0 Å². The number of ketones is 1. The first kappa shape index (κ1) is 17.8. The summed E-state index contributed by atoms with van der Waals surface area (Å²) in [6, 6.07) is 6.17. The third-order valence-electron chi connectivity index (χ3n) is 3.17. The molecule has 2 heterocycles. The summed E-state index contributed by atoms with van der Waals surface area (Å²) in [5.74, 6) is -1.23. The number of aromatic nitrogens is 3. The van der Waals surface area contributed by atoms with Gasteiger partial charge in [0.05, 0.1) is 16.7 Å². The Bertz CT molecular complexity index is 949. The van der Waals surface area contributed by atoms with E-state index in [1.165, 1.54) is 24.5 Å². The number of carbonyl (C=O) groups excluding carboxylic acids is 1. The number of H-pyrrole nitrogens is 1. The lowest BCUT2D eigenvalue weighted by molar-refractivity contribution is -0.137. The molecule has 0 saturated heterocycles. The molecule has 2 aromatic heterocycles. The van der Waals surface area contributed by atoms with Crippen LogP contribution in [0.3, 0.4) is 0 Å². The molecule has 0 aliphatic rings. The Labute approximate surface area is 148 Å². The molecule has 0 aliphatic carbocycles. The van der Waals surface area contributed by atoms with Crippen LogP contribution < -0.4 is 0 Å². The maximum absolute atomic E-state index is 12.8. The van der Waals surface area contributed by atoms with E-state index in [-0.39, 0.29) is 11.6 Å². The van der Waals surface area contributed by atoms with E-state index in [1.807, 2.05) is 0 Å². The minimum atomic E-state index is -4.46. The van der Waals surface area contributed by atoms with Crippen molar-refractivity contribution in [2.45, 2.75) is 16.0 Å². The first-order valence-corrected chi connectivity index (χ1v) is 7.89. The molecule has 1 aromatic carbocycles. The summed E-state index contributed by atoms with van der Waals surface area (Å²) < 4.78 is 43.5. The van der Waals surface area contributed by atoms with Crippen molar-refractivity contribution in [2.24, 2.45) is 0 Å². The molecule has 134 valence electrons. The number of carbonyl (C=O) groups is 1. The third-order valence-corrected chi connectivity index (χ3v) is 4.20. The van der Waals surface area contributed by atoms with Crippen LogP contribution in [0.2, 0.25) is 0 Å². The van der Waals surface area contributed by atoms with Crippen LogP contribution in [0.4, 0.5) is 13.2 Å². The van der Waals surface area contributed by atoms with E-state index < -0.39 is 23.3 Å². The van der Waals surface area contributed by atoms with Crippen LogP contribution in [0.1, 0.15) is 21.9 Å². The average molecular weight is 381 g/mol. The Hall–Kier alpha value is -3.01. The Balaban J connectivity index is 1.83. The Morgan fingerprint density at radius 2 is 2.12 bits per heavy atom. The predicted octanol–water partition coefficient (Wildman–Crippen LogP) is 4.35. The lowest BCUT2D eigenvalue weighted by atomic mass is 10.2. The van der Waals surface area contributed by atoms with Crippen molar-refractivity contribution in [1.29, 1.82) is 0 Å². The SMILES string of the molecule is O=C(C=C(O)c1ncn[nH]1)c1occc1Sc1cccc(C(F)(F)F)c1. The number of aliphatic hydroxyl groups is 1. The van der Waals surface area contributed by atoms with Crippen molar-refractivity contribution >= 4 is 23.3 Å². The van der Waals surface area contributed by atoms with Crippen LogP contribution in [0.25, 0.3) is 5.76 Å². The topological polar surface area (TPSA) is 92.0 Å². The van der Waals surface area contributed by atoms with Crippen LogP contribution >= 0.6 is 11.8 Å². The molecule has 0 saturated carbocycles. The molecule has 0 radical (unpaired) electrons. The largest absolute Gasteiger partial charge is 0.504 e. The van der Waals surface area contributed by atoms with Gasteiger partial charge >= 0.3 is 6.18 Å². The summed E-state index contributed by atoms with van der Waals surface area (Å²) in [4.78, 5) is 16.6. The monoisotopic (exact) mass is 381 g/mol. The highest BCUT2D eigenvalue weighted by Gasteiger charge is 2.30. The number of furan rings is 1. The second kappa shape index (κ2) is 7.08. The maximum atomic E-state index is 12.8. The summed E-state index contributed by atoms with van der Waals surface area (Å²) in [6.07, 6.45) is -1.18. The highest BCUT2D eigenvalue weighted by Crippen LogP contribution is 2.36. The lowest BCUT2D eigenvalue weighted by Gasteiger charge is -2.08. The maximum Gasteiger partial charge on any atom is 0.416 e. The standard InChI is InChI=1S/C16H10F3N3O3S/c17-16(18,19)9-2-1-3-10(6-9)26-13-4-5-25-14(13)11(23)7-12(24)15-20-8-21-22-15/h1-8,24H,(H,20,21,22). The van der Waals surface area contributed by atoms with Gasteiger partial charge in [0.2, 0.25) is 5.78 Å². The molecule has 0 spiro atoms. The number of benzene rings is 1.